The molecular formula is C8H13N3O. The molecule has 4 heteroatoms. The number of rotatable bonds is 2. The summed E-state index contributed by atoms with van der Waals surface area (Å²) in [6.07, 6.45) is 4.54. The number of H-pyrrole nitrogens is 1. The lowest BCUT2D eigenvalue weighted by molar-refractivity contribution is 0.0767. The Hall–Kier alpha value is -0.870. The topological polar surface area (TPSA) is 49.9 Å². The average Bonchev–Trinajstić information content (AvgIpc) is 2.59. The molecule has 0 aliphatic carbocycles. The Bertz CT molecular complexity index is 216. The summed E-state index contributed by atoms with van der Waals surface area (Å²) in [5.74, 6) is 0. The van der Waals surface area contributed by atoms with Crippen molar-refractivity contribution in [3.63, 3.8) is 0 Å². The molecule has 2 heterocycles. The quantitative estimate of drug-likeness (QED) is 0.649. The molecule has 4 nitrogen and oxygen atoms in total. The zero-order valence-corrected chi connectivity index (χ0v) is 6.92. The highest BCUT2D eigenvalue weighted by Crippen LogP contribution is 2.01. The number of imidazole rings is 1. The molecule has 0 saturated carbocycles. The summed E-state index contributed by atoms with van der Waals surface area (Å²) in [6, 6.07) is 0.444. The molecule has 1 saturated heterocycles. The van der Waals surface area contributed by atoms with Gasteiger partial charge in [-0.05, 0) is 0 Å². The molecular weight excluding hydrogens is 154 g/mol. The van der Waals surface area contributed by atoms with Crippen LogP contribution < -0.4 is 5.32 Å². The molecule has 0 spiro atoms. The molecule has 1 aliphatic rings. The van der Waals surface area contributed by atoms with Gasteiger partial charge in [0, 0.05) is 30.9 Å². The molecule has 0 amide bonds. The van der Waals surface area contributed by atoms with Gasteiger partial charge in [0.25, 0.3) is 0 Å². The smallest absolute Gasteiger partial charge is 0.0921 e. The summed E-state index contributed by atoms with van der Waals surface area (Å²) < 4.78 is 5.33. The van der Waals surface area contributed by atoms with Crippen LogP contribution in [0, 0.1) is 0 Å². The molecule has 0 bridgehead atoms. The second kappa shape index (κ2) is 3.69. The zero-order chi connectivity index (χ0) is 8.23. The van der Waals surface area contributed by atoms with Gasteiger partial charge in [-0.1, -0.05) is 0 Å². The lowest BCUT2D eigenvalue weighted by Crippen LogP contribution is -2.42. The Morgan fingerprint density at radius 2 is 2.67 bits per heavy atom. The first-order chi connectivity index (χ1) is 5.95. The van der Waals surface area contributed by atoms with Crippen LogP contribution in [-0.4, -0.2) is 35.8 Å². The SMILES string of the molecule is c1ncc(C[C@H]2COCCN2)[nH]1. The third-order valence-corrected chi connectivity index (χ3v) is 2.02. The second-order valence-electron chi connectivity index (χ2n) is 3.01. The Morgan fingerprint density at radius 1 is 1.67 bits per heavy atom. The van der Waals surface area contributed by atoms with E-state index in [1.165, 1.54) is 0 Å². The van der Waals surface area contributed by atoms with E-state index in [0.29, 0.717) is 6.04 Å². The monoisotopic (exact) mass is 167 g/mol. The van der Waals surface area contributed by atoms with Crippen LogP contribution in [-0.2, 0) is 11.2 Å². The molecule has 1 aromatic rings. The first-order valence-electron chi connectivity index (χ1n) is 4.23. The van der Waals surface area contributed by atoms with Crippen LogP contribution >= 0.6 is 0 Å². The van der Waals surface area contributed by atoms with Crippen molar-refractivity contribution in [1.29, 1.82) is 0 Å². The predicted molar refractivity (Wildman–Crippen MR) is 44.9 cm³/mol. The minimum Gasteiger partial charge on any atom is -0.379 e. The van der Waals surface area contributed by atoms with Gasteiger partial charge in [0.2, 0.25) is 0 Å². The second-order valence-corrected chi connectivity index (χ2v) is 3.01. The highest BCUT2D eigenvalue weighted by atomic mass is 16.5. The first-order valence-corrected chi connectivity index (χ1v) is 4.23. The van der Waals surface area contributed by atoms with Crippen LogP contribution in [0.3, 0.4) is 0 Å². The normalized spacial score (nSPS) is 24.2. The number of hydrogen-bond donors (Lipinski definition) is 2. The fraction of sp³-hybridized carbons (Fsp3) is 0.625. The fourth-order valence-electron chi connectivity index (χ4n) is 1.41. The third kappa shape index (κ3) is 1.84. The number of morpholine rings is 1. The largest absolute Gasteiger partial charge is 0.379 e. The molecule has 0 unspecified atom stereocenters. The van der Waals surface area contributed by atoms with E-state index >= 15 is 0 Å². The maximum atomic E-state index is 5.33. The van der Waals surface area contributed by atoms with Crippen molar-refractivity contribution in [3.05, 3.63) is 18.2 Å². The zero-order valence-electron chi connectivity index (χ0n) is 6.92. The van der Waals surface area contributed by atoms with Gasteiger partial charge in [-0.2, -0.15) is 0 Å². The summed E-state index contributed by atoms with van der Waals surface area (Å²) >= 11 is 0. The molecule has 66 valence electrons. The number of aromatic amines is 1. The van der Waals surface area contributed by atoms with Crippen LogP contribution in [0.5, 0.6) is 0 Å². The molecule has 1 fully saturated rings. The minimum absolute atomic E-state index is 0.444. The van der Waals surface area contributed by atoms with E-state index in [-0.39, 0.29) is 0 Å². The van der Waals surface area contributed by atoms with Crippen molar-refractivity contribution in [3.8, 4) is 0 Å². The number of ether oxygens (including phenoxy) is 1. The molecule has 0 aromatic carbocycles. The van der Waals surface area contributed by atoms with Crippen molar-refractivity contribution in [1.82, 2.24) is 15.3 Å². The maximum Gasteiger partial charge on any atom is 0.0921 e. The lowest BCUT2D eigenvalue weighted by atomic mass is 10.1. The predicted octanol–water partition coefficient (Wildman–Crippen LogP) is -0.0594. The average molecular weight is 167 g/mol. The molecule has 2 N–H and O–H groups in total. The van der Waals surface area contributed by atoms with Crippen LogP contribution in [0.2, 0.25) is 0 Å². The highest BCUT2D eigenvalue weighted by molar-refractivity contribution is 4.97. The summed E-state index contributed by atoms with van der Waals surface area (Å²) in [5.41, 5.74) is 1.16. The van der Waals surface area contributed by atoms with E-state index in [1.807, 2.05) is 6.20 Å². The van der Waals surface area contributed by atoms with Crippen molar-refractivity contribution in [2.24, 2.45) is 0 Å². The number of nitrogens with one attached hydrogen (secondary N) is 2. The summed E-state index contributed by atoms with van der Waals surface area (Å²) in [6.45, 7) is 2.59. The van der Waals surface area contributed by atoms with Crippen molar-refractivity contribution in [2.45, 2.75) is 12.5 Å². The van der Waals surface area contributed by atoms with E-state index < -0.39 is 0 Å². The number of aromatic nitrogens is 2. The fourth-order valence-corrected chi connectivity index (χ4v) is 1.41. The van der Waals surface area contributed by atoms with Gasteiger partial charge in [0.1, 0.15) is 0 Å². The van der Waals surface area contributed by atoms with Gasteiger partial charge >= 0.3 is 0 Å². The van der Waals surface area contributed by atoms with Gasteiger partial charge in [0.15, 0.2) is 0 Å². The van der Waals surface area contributed by atoms with Crippen LogP contribution in [0.15, 0.2) is 12.5 Å². The van der Waals surface area contributed by atoms with E-state index in [2.05, 4.69) is 15.3 Å². The molecule has 12 heavy (non-hydrogen) atoms. The minimum atomic E-state index is 0.444. The van der Waals surface area contributed by atoms with Gasteiger partial charge in [0.05, 0.1) is 19.5 Å². The first kappa shape index (κ1) is 7.76. The van der Waals surface area contributed by atoms with Crippen LogP contribution in [0.1, 0.15) is 5.69 Å². The van der Waals surface area contributed by atoms with E-state index in [4.69, 9.17) is 4.74 Å². The number of hydrogen-bond acceptors (Lipinski definition) is 3. The Morgan fingerprint density at radius 3 is 3.33 bits per heavy atom. The lowest BCUT2D eigenvalue weighted by Gasteiger charge is -2.22. The molecule has 2 rings (SSSR count). The van der Waals surface area contributed by atoms with Crippen molar-refractivity contribution >= 4 is 0 Å². The van der Waals surface area contributed by atoms with Crippen LogP contribution in [0.4, 0.5) is 0 Å². The van der Waals surface area contributed by atoms with Gasteiger partial charge in [-0.25, -0.2) is 4.98 Å². The van der Waals surface area contributed by atoms with Crippen molar-refractivity contribution in [2.75, 3.05) is 19.8 Å². The standard InChI is InChI=1S/C8H13N3O/c1-2-12-5-8(10-1)3-7-4-9-6-11-7/h4,6,8,10H,1-3,5H2,(H,9,11)/t8-/m0/s1. The molecule has 1 aliphatic heterocycles. The van der Waals surface area contributed by atoms with E-state index in [9.17, 15) is 0 Å². The Labute approximate surface area is 71.3 Å². The third-order valence-electron chi connectivity index (χ3n) is 2.02. The van der Waals surface area contributed by atoms with Gasteiger partial charge in [-0.3, -0.25) is 0 Å². The maximum absolute atomic E-state index is 5.33. The van der Waals surface area contributed by atoms with Crippen LogP contribution in [0.25, 0.3) is 0 Å². The summed E-state index contributed by atoms with van der Waals surface area (Å²) in [7, 11) is 0. The van der Waals surface area contributed by atoms with Gasteiger partial charge < -0.3 is 15.0 Å². The van der Waals surface area contributed by atoms with Gasteiger partial charge in [-0.15, -0.1) is 0 Å². The summed E-state index contributed by atoms with van der Waals surface area (Å²) in [4.78, 5) is 7.04. The van der Waals surface area contributed by atoms with E-state index in [1.54, 1.807) is 6.33 Å². The summed E-state index contributed by atoms with van der Waals surface area (Å²) in [5, 5.41) is 3.38. The molecule has 1 aromatic heterocycles. The molecule has 0 radical (unpaired) electrons. The Balaban J connectivity index is 1.86. The Kier molecular flexibility index (Phi) is 2.39. The van der Waals surface area contributed by atoms with Crippen molar-refractivity contribution < 1.29 is 4.74 Å². The molecule has 1 atom stereocenters. The number of nitrogens with zero attached hydrogens (tertiary/aromatic N) is 1. The highest BCUT2D eigenvalue weighted by Gasteiger charge is 2.13. The van der Waals surface area contributed by atoms with E-state index in [0.717, 1.165) is 31.9 Å².